The summed E-state index contributed by atoms with van der Waals surface area (Å²) >= 11 is 13.9. The van der Waals surface area contributed by atoms with Crippen molar-refractivity contribution in [3.8, 4) is 0 Å². The van der Waals surface area contributed by atoms with Crippen LogP contribution in [-0.4, -0.2) is 16.4 Å². The Balaban J connectivity index is 1.91. The van der Waals surface area contributed by atoms with Gasteiger partial charge in [-0.2, -0.15) is 0 Å². The summed E-state index contributed by atoms with van der Waals surface area (Å²) in [6.45, 7) is 3.93. The van der Waals surface area contributed by atoms with Crippen LogP contribution in [0.3, 0.4) is 0 Å². The molecule has 0 aromatic heterocycles. The second-order valence-corrected chi connectivity index (χ2v) is 8.07. The molecule has 1 aliphatic carbocycles. The maximum Gasteiger partial charge on any atom is 0.233 e. The van der Waals surface area contributed by atoms with Crippen molar-refractivity contribution in [2.45, 2.75) is 56.1 Å². The van der Waals surface area contributed by atoms with Crippen LogP contribution in [0.25, 0.3) is 0 Å². The molecule has 1 aliphatic rings. The average molecular weight is 346 g/mol. The number of thioether (sulfide) groups is 1. The first-order valence-corrected chi connectivity index (χ1v) is 9.08. The smallest absolute Gasteiger partial charge is 0.233 e. The lowest BCUT2D eigenvalue weighted by Gasteiger charge is -2.20. The zero-order chi connectivity index (χ0) is 15.4. The predicted octanol–water partition coefficient (Wildman–Crippen LogP) is 5.23. The molecule has 1 fully saturated rings. The molecular formula is C16H21Cl2NOS. The van der Waals surface area contributed by atoms with Gasteiger partial charge in [0.2, 0.25) is 5.91 Å². The quantitative estimate of drug-likeness (QED) is 0.790. The minimum atomic E-state index is -0.117. The summed E-state index contributed by atoms with van der Waals surface area (Å²) in [6, 6.07) is 5.25. The molecule has 1 aromatic rings. The van der Waals surface area contributed by atoms with Gasteiger partial charge in [0, 0.05) is 15.3 Å². The van der Waals surface area contributed by atoms with E-state index in [-0.39, 0.29) is 17.2 Å². The van der Waals surface area contributed by atoms with Crippen LogP contribution in [0.5, 0.6) is 0 Å². The Hall–Kier alpha value is -0.380. The summed E-state index contributed by atoms with van der Waals surface area (Å²) in [4.78, 5) is 12.3. The first-order valence-electron chi connectivity index (χ1n) is 7.38. The zero-order valence-corrected chi connectivity index (χ0v) is 14.7. The molecule has 0 aliphatic heterocycles. The van der Waals surface area contributed by atoms with Crippen LogP contribution in [0.1, 0.15) is 51.1 Å². The Morgan fingerprint density at radius 1 is 1.29 bits per heavy atom. The lowest BCUT2D eigenvalue weighted by atomic mass is 10.1. The van der Waals surface area contributed by atoms with Gasteiger partial charge >= 0.3 is 0 Å². The lowest BCUT2D eigenvalue weighted by molar-refractivity contribution is -0.120. The Kier molecular flexibility index (Phi) is 6.27. The number of carbonyl (C=O) groups excluding carboxylic acids is 1. The third-order valence-corrected chi connectivity index (χ3v) is 5.90. The summed E-state index contributed by atoms with van der Waals surface area (Å²) in [5.41, 5.74) is 0.896. The molecule has 0 spiro atoms. The number of carbonyl (C=O) groups is 1. The highest BCUT2D eigenvalue weighted by atomic mass is 35.5. The third kappa shape index (κ3) is 4.80. The minimum absolute atomic E-state index is 0.0263. The fourth-order valence-corrected chi connectivity index (χ4v) is 4.58. The van der Waals surface area contributed by atoms with E-state index in [1.165, 1.54) is 25.7 Å². The van der Waals surface area contributed by atoms with Crippen LogP contribution < -0.4 is 5.32 Å². The van der Waals surface area contributed by atoms with Gasteiger partial charge in [-0.3, -0.25) is 4.79 Å². The molecule has 2 atom stereocenters. The average Bonchev–Trinajstić information content (AvgIpc) is 2.91. The maximum atomic E-state index is 12.3. The molecule has 0 saturated heterocycles. The van der Waals surface area contributed by atoms with E-state index >= 15 is 0 Å². The van der Waals surface area contributed by atoms with Crippen molar-refractivity contribution in [3.63, 3.8) is 0 Å². The normalized spacial score (nSPS) is 18.5. The molecule has 1 N–H and O–H groups in total. The molecule has 0 radical (unpaired) electrons. The number of hydrogen-bond donors (Lipinski definition) is 1. The fraction of sp³-hybridized carbons (Fsp3) is 0.562. The van der Waals surface area contributed by atoms with Crippen LogP contribution in [0, 0.1) is 0 Å². The van der Waals surface area contributed by atoms with Crippen molar-refractivity contribution in [3.05, 3.63) is 33.8 Å². The first-order chi connectivity index (χ1) is 9.97. The summed E-state index contributed by atoms with van der Waals surface area (Å²) in [5.74, 6) is 0.0745. The van der Waals surface area contributed by atoms with Gasteiger partial charge in [0.1, 0.15) is 0 Å². The highest BCUT2D eigenvalue weighted by molar-refractivity contribution is 8.01. The van der Waals surface area contributed by atoms with Crippen molar-refractivity contribution in [2.75, 3.05) is 0 Å². The monoisotopic (exact) mass is 345 g/mol. The van der Waals surface area contributed by atoms with Gasteiger partial charge < -0.3 is 5.32 Å². The topological polar surface area (TPSA) is 29.1 Å². The molecule has 2 nitrogen and oxygen atoms in total. The molecule has 5 heteroatoms. The van der Waals surface area contributed by atoms with Crippen LogP contribution >= 0.6 is 35.0 Å². The summed E-state index contributed by atoms with van der Waals surface area (Å²) in [5, 5.41) is 4.85. The predicted molar refractivity (Wildman–Crippen MR) is 92.3 cm³/mol. The zero-order valence-electron chi connectivity index (χ0n) is 12.4. The van der Waals surface area contributed by atoms with Crippen molar-refractivity contribution < 1.29 is 4.79 Å². The van der Waals surface area contributed by atoms with Gasteiger partial charge in [-0.1, -0.05) is 42.1 Å². The molecule has 0 bridgehead atoms. The van der Waals surface area contributed by atoms with E-state index in [1.54, 1.807) is 23.9 Å². The lowest BCUT2D eigenvalue weighted by Crippen LogP contribution is -2.34. The van der Waals surface area contributed by atoms with E-state index in [9.17, 15) is 4.79 Å². The van der Waals surface area contributed by atoms with E-state index in [4.69, 9.17) is 23.2 Å². The molecule has 116 valence electrons. The fourth-order valence-electron chi connectivity index (χ4n) is 2.64. The van der Waals surface area contributed by atoms with E-state index in [2.05, 4.69) is 5.32 Å². The van der Waals surface area contributed by atoms with Crippen LogP contribution in [0.15, 0.2) is 18.2 Å². The molecule has 2 rings (SSSR count). The van der Waals surface area contributed by atoms with Crippen molar-refractivity contribution in [1.82, 2.24) is 5.32 Å². The minimum Gasteiger partial charge on any atom is -0.349 e. The Morgan fingerprint density at radius 2 is 1.95 bits per heavy atom. The largest absolute Gasteiger partial charge is 0.349 e. The van der Waals surface area contributed by atoms with Crippen molar-refractivity contribution in [2.24, 2.45) is 0 Å². The Morgan fingerprint density at radius 3 is 2.57 bits per heavy atom. The second kappa shape index (κ2) is 7.75. The SMILES string of the molecule is C[C@H](SC1CCCC1)C(=O)N[C@H](C)c1ccc(Cl)cc1Cl. The number of rotatable bonds is 5. The third-order valence-electron chi connectivity index (χ3n) is 3.86. The van der Waals surface area contributed by atoms with Gasteiger partial charge in [-0.15, -0.1) is 11.8 Å². The molecule has 1 saturated carbocycles. The number of nitrogens with one attached hydrogen (secondary N) is 1. The molecule has 21 heavy (non-hydrogen) atoms. The first kappa shape index (κ1) is 17.0. The van der Waals surface area contributed by atoms with Gasteiger partial charge in [-0.25, -0.2) is 0 Å². The molecule has 0 heterocycles. The van der Waals surface area contributed by atoms with Crippen LogP contribution in [0.4, 0.5) is 0 Å². The van der Waals surface area contributed by atoms with Gasteiger partial charge in [-0.05, 0) is 44.4 Å². The summed E-state index contributed by atoms with van der Waals surface area (Å²) in [6.07, 6.45) is 5.06. The number of halogens is 2. The highest BCUT2D eigenvalue weighted by Gasteiger charge is 2.23. The standard InChI is InChI=1S/C16H21Cl2NOS/c1-10(14-8-7-12(17)9-15(14)18)19-16(20)11(2)21-13-5-3-4-6-13/h7-11,13H,3-6H2,1-2H3,(H,19,20)/t10-,11+/m1/s1. The number of amides is 1. The van der Waals surface area contributed by atoms with Gasteiger partial charge in [0.15, 0.2) is 0 Å². The molecule has 0 unspecified atom stereocenters. The Labute approximate surface area is 141 Å². The number of hydrogen-bond acceptors (Lipinski definition) is 2. The van der Waals surface area contributed by atoms with Crippen molar-refractivity contribution in [1.29, 1.82) is 0 Å². The van der Waals surface area contributed by atoms with Gasteiger partial charge in [0.25, 0.3) is 0 Å². The second-order valence-electron chi connectivity index (χ2n) is 5.58. The van der Waals surface area contributed by atoms with E-state index in [1.807, 2.05) is 19.9 Å². The molecule has 1 aromatic carbocycles. The molecular weight excluding hydrogens is 325 g/mol. The maximum absolute atomic E-state index is 12.3. The Bertz CT molecular complexity index is 503. The van der Waals surface area contributed by atoms with E-state index in [0.717, 1.165) is 5.56 Å². The highest BCUT2D eigenvalue weighted by Crippen LogP contribution is 2.32. The van der Waals surface area contributed by atoms with Crippen molar-refractivity contribution >= 4 is 40.9 Å². The van der Waals surface area contributed by atoms with E-state index < -0.39 is 0 Å². The number of benzene rings is 1. The molecule has 1 amide bonds. The summed E-state index contributed by atoms with van der Waals surface area (Å²) in [7, 11) is 0. The summed E-state index contributed by atoms with van der Waals surface area (Å²) < 4.78 is 0. The van der Waals surface area contributed by atoms with Crippen LogP contribution in [-0.2, 0) is 4.79 Å². The van der Waals surface area contributed by atoms with Gasteiger partial charge in [0.05, 0.1) is 11.3 Å². The van der Waals surface area contributed by atoms with Crippen LogP contribution in [0.2, 0.25) is 10.0 Å². The van der Waals surface area contributed by atoms with E-state index in [0.29, 0.717) is 15.3 Å².